The Morgan fingerprint density at radius 1 is 1.15 bits per heavy atom. The molecule has 0 bridgehead atoms. The fourth-order valence-corrected chi connectivity index (χ4v) is 2.55. The summed E-state index contributed by atoms with van der Waals surface area (Å²) in [6.45, 7) is 1.79. The molecule has 6 heteroatoms. The van der Waals surface area contributed by atoms with Gasteiger partial charge in [-0.2, -0.15) is 5.26 Å². The highest BCUT2D eigenvalue weighted by molar-refractivity contribution is 5.94. The van der Waals surface area contributed by atoms with Crippen LogP contribution in [0.15, 0.2) is 54.7 Å². The van der Waals surface area contributed by atoms with E-state index in [9.17, 15) is 9.18 Å². The lowest BCUT2D eigenvalue weighted by Crippen LogP contribution is -2.12. The third-order valence-electron chi connectivity index (χ3n) is 3.76. The van der Waals surface area contributed by atoms with Crippen molar-refractivity contribution in [2.45, 2.75) is 6.92 Å². The van der Waals surface area contributed by atoms with Crippen molar-refractivity contribution < 1.29 is 13.9 Å². The van der Waals surface area contributed by atoms with Crippen molar-refractivity contribution in [1.82, 2.24) is 4.98 Å². The molecule has 1 amide bonds. The van der Waals surface area contributed by atoms with Crippen molar-refractivity contribution in [3.63, 3.8) is 0 Å². The molecule has 1 heterocycles. The molecular formula is C20H14FN3O2. The number of aromatic nitrogens is 1. The molecule has 5 nitrogen and oxygen atoms in total. The highest BCUT2D eigenvalue weighted by Crippen LogP contribution is 2.27. The molecule has 2 N–H and O–H groups in total. The Morgan fingerprint density at radius 2 is 1.96 bits per heavy atom. The molecule has 0 aliphatic carbocycles. The van der Waals surface area contributed by atoms with Gasteiger partial charge in [-0.05, 0) is 42.8 Å². The van der Waals surface area contributed by atoms with Crippen LogP contribution in [-0.2, 0) is 0 Å². The standard InChI is InChI=1S/C20H14FN3O2/c1-12-6-14(2-3-18(12)20(23)25)19-10-16(4-5-24-19)26-17-8-13(11-22)7-15(21)9-17/h2-10H,1H3,(H2,23,25). The summed E-state index contributed by atoms with van der Waals surface area (Å²) in [6, 6.07) is 14.2. The second kappa shape index (κ2) is 7.03. The molecule has 0 unspecified atom stereocenters. The molecule has 0 aliphatic heterocycles. The number of benzene rings is 2. The van der Waals surface area contributed by atoms with Crippen LogP contribution in [0.5, 0.6) is 11.5 Å². The zero-order valence-corrected chi connectivity index (χ0v) is 13.9. The normalized spacial score (nSPS) is 10.2. The number of carbonyl (C=O) groups is 1. The summed E-state index contributed by atoms with van der Waals surface area (Å²) in [5, 5.41) is 8.92. The third-order valence-corrected chi connectivity index (χ3v) is 3.76. The summed E-state index contributed by atoms with van der Waals surface area (Å²) in [4.78, 5) is 15.6. The molecule has 26 heavy (non-hydrogen) atoms. The molecular weight excluding hydrogens is 333 g/mol. The Kier molecular flexibility index (Phi) is 4.63. The minimum Gasteiger partial charge on any atom is -0.457 e. The predicted octanol–water partition coefficient (Wildman–Crippen LogP) is 3.96. The molecule has 0 atom stereocenters. The Bertz CT molecular complexity index is 1040. The highest BCUT2D eigenvalue weighted by atomic mass is 19.1. The molecule has 3 aromatic rings. The van der Waals surface area contributed by atoms with Gasteiger partial charge in [0.2, 0.25) is 5.91 Å². The number of nitriles is 1. The van der Waals surface area contributed by atoms with E-state index < -0.39 is 11.7 Å². The number of nitrogens with two attached hydrogens (primary N) is 1. The Labute approximate surface area is 149 Å². The van der Waals surface area contributed by atoms with Crippen LogP contribution >= 0.6 is 0 Å². The van der Waals surface area contributed by atoms with Gasteiger partial charge >= 0.3 is 0 Å². The first-order valence-corrected chi connectivity index (χ1v) is 7.71. The van der Waals surface area contributed by atoms with E-state index >= 15 is 0 Å². The minimum atomic E-state index is -0.550. The Hall–Kier alpha value is -3.72. The van der Waals surface area contributed by atoms with Gasteiger partial charge in [0, 0.05) is 29.5 Å². The number of hydrogen-bond acceptors (Lipinski definition) is 4. The van der Waals surface area contributed by atoms with Crippen molar-refractivity contribution >= 4 is 5.91 Å². The summed E-state index contributed by atoms with van der Waals surface area (Å²) < 4.78 is 19.2. The number of amides is 1. The van der Waals surface area contributed by atoms with Gasteiger partial charge in [0.25, 0.3) is 0 Å². The molecule has 2 aromatic carbocycles. The number of hydrogen-bond donors (Lipinski definition) is 1. The minimum absolute atomic E-state index is 0.173. The zero-order chi connectivity index (χ0) is 18.7. The van der Waals surface area contributed by atoms with Crippen LogP contribution in [0.4, 0.5) is 4.39 Å². The molecule has 0 spiro atoms. The van der Waals surface area contributed by atoms with Crippen molar-refractivity contribution in [3.8, 4) is 28.8 Å². The maximum Gasteiger partial charge on any atom is 0.248 e. The molecule has 0 saturated heterocycles. The molecule has 128 valence electrons. The largest absolute Gasteiger partial charge is 0.457 e. The van der Waals surface area contributed by atoms with Crippen LogP contribution in [0.25, 0.3) is 11.3 Å². The van der Waals surface area contributed by atoms with Gasteiger partial charge in [0.15, 0.2) is 0 Å². The Balaban J connectivity index is 1.92. The first-order valence-electron chi connectivity index (χ1n) is 7.71. The average molecular weight is 347 g/mol. The van der Waals surface area contributed by atoms with Crippen LogP contribution in [0.2, 0.25) is 0 Å². The number of primary amides is 1. The average Bonchev–Trinajstić information content (AvgIpc) is 2.61. The number of aryl methyl sites for hydroxylation is 1. The number of nitrogens with zero attached hydrogens (tertiary/aromatic N) is 2. The van der Waals surface area contributed by atoms with Crippen molar-refractivity contribution in [2.75, 3.05) is 0 Å². The Morgan fingerprint density at radius 3 is 2.65 bits per heavy atom. The van der Waals surface area contributed by atoms with Crippen LogP contribution in [0, 0.1) is 24.1 Å². The second-order valence-corrected chi connectivity index (χ2v) is 5.66. The quantitative estimate of drug-likeness (QED) is 0.773. The van der Waals surface area contributed by atoms with Crippen molar-refractivity contribution in [1.29, 1.82) is 5.26 Å². The zero-order valence-electron chi connectivity index (χ0n) is 13.9. The van der Waals surface area contributed by atoms with Gasteiger partial charge < -0.3 is 10.5 Å². The van der Waals surface area contributed by atoms with Gasteiger partial charge in [0.1, 0.15) is 17.3 Å². The summed E-state index contributed by atoms with van der Waals surface area (Å²) in [5.41, 5.74) is 8.10. The van der Waals surface area contributed by atoms with E-state index in [1.165, 1.54) is 12.1 Å². The number of rotatable bonds is 4. The number of ether oxygens (including phenoxy) is 1. The lowest BCUT2D eigenvalue weighted by Gasteiger charge is -2.09. The molecule has 3 rings (SSSR count). The van der Waals surface area contributed by atoms with Crippen LogP contribution in [-0.4, -0.2) is 10.9 Å². The summed E-state index contributed by atoms with van der Waals surface area (Å²) in [7, 11) is 0. The van der Waals surface area contributed by atoms with E-state index in [2.05, 4.69) is 4.98 Å². The first kappa shape index (κ1) is 17.1. The fraction of sp³-hybridized carbons (Fsp3) is 0.0500. The van der Waals surface area contributed by atoms with Crippen LogP contribution in [0.1, 0.15) is 21.5 Å². The van der Waals surface area contributed by atoms with Crippen LogP contribution < -0.4 is 10.5 Å². The monoisotopic (exact) mass is 347 g/mol. The third kappa shape index (κ3) is 3.68. The second-order valence-electron chi connectivity index (χ2n) is 5.66. The van der Waals surface area contributed by atoms with E-state index in [-0.39, 0.29) is 11.3 Å². The van der Waals surface area contributed by atoms with Gasteiger partial charge in [0.05, 0.1) is 17.3 Å². The first-order chi connectivity index (χ1) is 12.5. The van der Waals surface area contributed by atoms with Gasteiger partial charge in [-0.25, -0.2) is 4.39 Å². The maximum absolute atomic E-state index is 13.5. The summed E-state index contributed by atoms with van der Waals surface area (Å²) in [5.74, 6) is -0.371. The van der Waals surface area contributed by atoms with E-state index in [1.807, 2.05) is 12.1 Å². The van der Waals surface area contributed by atoms with Crippen molar-refractivity contribution in [2.24, 2.45) is 5.73 Å². The maximum atomic E-state index is 13.5. The summed E-state index contributed by atoms with van der Waals surface area (Å²) in [6.07, 6.45) is 1.56. The molecule has 0 saturated carbocycles. The van der Waals surface area contributed by atoms with E-state index in [4.69, 9.17) is 15.7 Å². The molecule has 0 aliphatic rings. The van der Waals surface area contributed by atoms with Gasteiger partial charge in [-0.1, -0.05) is 6.07 Å². The molecule has 1 aromatic heterocycles. The fourth-order valence-electron chi connectivity index (χ4n) is 2.55. The lowest BCUT2D eigenvalue weighted by molar-refractivity contribution is 0.0999. The van der Waals surface area contributed by atoms with Crippen LogP contribution in [0.3, 0.4) is 0 Å². The number of halogens is 1. The predicted molar refractivity (Wildman–Crippen MR) is 94.1 cm³/mol. The summed E-state index contributed by atoms with van der Waals surface area (Å²) >= 11 is 0. The topological polar surface area (TPSA) is 89.0 Å². The number of pyridine rings is 1. The van der Waals surface area contributed by atoms with E-state index in [1.54, 1.807) is 37.4 Å². The number of carbonyl (C=O) groups excluding carboxylic acids is 1. The van der Waals surface area contributed by atoms with E-state index in [0.717, 1.165) is 17.2 Å². The smallest absolute Gasteiger partial charge is 0.248 e. The lowest BCUT2D eigenvalue weighted by atomic mass is 10.0. The SMILES string of the molecule is Cc1cc(-c2cc(Oc3cc(F)cc(C#N)c3)ccn2)ccc1C(N)=O. The highest BCUT2D eigenvalue weighted by Gasteiger charge is 2.09. The van der Waals surface area contributed by atoms with Gasteiger partial charge in [-0.15, -0.1) is 0 Å². The van der Waals surface area contributed by atoms with Gasteiger partial charge in [-0.3, -0.25) is 9.78 Å². The molecule has 0 radical (unpaired) electrons. The van der Waals surface area contributed by atoms with E-state index in [0.29, 0.717) is 17.0 Å². The molecule has 0 fully saturated rings. The van der Waals surface area contributed by atoms with Crippen molar-refractivity contribution in [3.05, 3.63) is 77.2 Å².